The van der Waals surface area contributed by atoms with Crippen molar-refractivity contribution < 1.29 is 4.79 Å². The van der Waals surface area contributed by atoms with Gasteiger partial charge in [-0.2, -0.15) is 0 Å². The summed E-state index contributed by atoms with van der Waals surface area (Å²) in [6, 6.07) is 25.5. The first-order valence-corrected chi connectivity index (χ1v) is 12.1. The van der Waals surface area contributed by atoms with E-state index in [0.29, 0.717) is 23.8 Å². The Morgan fingerprint density at radius 3 is 2.41 bits per heavy atom. The van der Waals surface area contributed by atoms with E-state index < -0.39 is 0 Å². The molecule has 1 aromatic heterocycles. The summed E-state index contributed by atoms with van der Waals surface area (Å²) in [6.07, 6.45) is 1.30. The van der Waals surface area contributed by atoms with Gasteiger partial charge in [0.2, 0.25) is 5.91 Å². The van der Waals surface area contributed by atoms with Crippen molar-refractivity contribution in [3.63, 3.8) is 0 Å². The number of anilines is 1. The van der Waals surface area contributed by atoms with Crippen molar-refractivity contribution in [3.05, 3.63) is 89.4 Å². The summed E-state index contributed by atoms with van der Waals surface area (Å²) in [4.78, 5) is 24.7. The number of benzene rings is 3. The highest BCUT2D eigenvalue weighted by Crippen LogP contribution is 2.31. The quantitative estimate of drug-likeness (QED) is 0.305. The fourth-order valence-electron chi connectivity index (χ4n) is 4.03. The first-order chi connectivity index (χ1) is 16.6. The number of carbonyl (C=O) groups excluding carboxylic acids is 1. The summed E-state index contributed by atoms with van der Waals surface area (Å²) in [7, 11) is 0. The van der Waals surface area contributed by atoms with Gasteiger partial charge in [0.05, 0.1) is 16.6 Å². The van der Waals surface area contributed by atoms with Crippen LogP contribution in [0, 0.1) is 0 Å². The van der Waals surface area contributed by atoms with Crippen LogP contribution in [0.4, 0.5) is 5.82 Å². The fraction of sp³-hybridized carbons (Fsp3) is 0.250. The van der Waals surface area contributed by atoms with Gasteiger partial charge in [0.1, 0.15) is 5.82 Å². The Bertz CT molecular complexity index is 1260. The van der Waals surface area contributed by atoms with E-state index in [0.717, 1.165) is 40.8 Å². The molecule has 6 heteroatoms. The minimum Gasteiger partial charge on any atom is -0.355 e. The largest absolute Gasteiger partial charge is 0.355 e. The van der Waals surface area contributed by atoms with Gasteiger partial charge in [-0.25, -0.2) is 9.97 Å². The molecule has 5 nitrogen and oxygen atoms in total. The molecule has 1 atom stereocenters. The first kappa shape index (κ1) is 23.7. The Morgan fingerprint density at radius 2 is 1.65 bits per heavy atom. The Labute approximate surface area is 205 Å². The SMILES string of the molecule is CCCN(CCC(=O)NC(C)c1ccccc1)c1nc(-c2ccccc2Cl)nc2ccccc12. The summed E-state index contributed by atoms with van der Waals surface area (Å²) in [6.45, 7) is 5.47. The van der Waals surface area contributed by atoms with Crippen LogP contribution in [-0.4, -0.2) is 29.0 Å². The van der Waals surface area contributed by atoms with Crippen LogP contribution < -0.4 is 10.2 Å². The predicted molar refractivity (Wildman–Crippen MR) is 140 cm³/mol. The number of aromatic nitrogens is 2. The number of nitrogens with zero attached hydrogens (tertiary/aromatic N) is 3. The molecule has 0 saturated carbocycles. The molecule has 0 fully saturated rings. The monoisotopic (exact) mass is 472 g/mol. The first-order valence-electron chi connectivity index (χ1n) is 11.7. The number of para-hydroxylation sites is 1. The third kappa shape index (κ3) is 5.54. The van der Waals surface area contributed by atoms with Gasteiger partial charge in [-0.15, -0.1) is 0 Å². The Morgan fingerprint density at radius 1 is 0.941 bits per heavy atom. The van der Waals surface area contributed by atoms with Crippen LogP contribution in [0.25, 0.3) is 22.3 Å². The molecule has 1 amide bonds. The minimum absolute atomic E-state index is 0.0159. The average molecular weight is 473 g/mol. The van der Waals surface area contributed by atoms with Gasteiger partial charge in [-0.05, 0) is 43.2 Å². The number of halogens is 1. The van der Waals surface area contributed by atoms with Gasteiger partial charge in [0, 0.05) is 30.5 Å². The zero-order valence-electron chi connectivity index (χ0n) is 19.5. The lowest BCUT2D eigenvalue weighted by Gasteiger charge is -2.25. The predicted octanol–water partition coefficient (Wildman–Crippen LogP) is 6.43. The van der Waals surface area contributed by atoms with E-state index >= 15 is 0 Å². The molecular weight excluding hydrogens is 444 g/mol. The lowest BCUT2D eigenvalue weighted by atomic mass is 10.1. The number of nitrogens with one attached hydrogen (secondary N) is 1. The van der Waals surface area contributed by atoms with E-state index in [1.54, 1.807) is 0 Å². The summed E-state index contributed by atoms with van der Waals surface area (Å²) in [5.41, 5.74) is 2.74. The van der Waals surface area contributed by atoms with Crippen molar-refractivity contribution in [2.24, 2.45) is 0 Å². The summed E-state index contributed by atoms with van der Waals surface area (Å²) in [5.74, 6) is 1.43. The molecule has 4 rings (SSSR count). The van der Waals surface area contributed by atoms with Crippen LogP contribution in [-0.2, 0) is 4.79 Å². The zero-order chi connectivity index (χ0) is 23.9. The number of hydrogen-bond donors (Lipinski definition) is 1. The molecule has 0 aliphatic heterocycles. The summed E-state index contributed by atoms with van der Waals surface area (Å²) < 4.78 is 0. The van der Waals surface area contributed by atoms with Crippen LogP contribution in [0.2, 0.25) is 5.02 Å². The van der Waals surface area contributed by atoms with Crippen molar-refractivity contribution in [2.45, 2.75) is 32.7 Å². The molecule has 174 valence electrons. The van der Waals surface area contributed by atoms with Gasteiger partial charge in [0.25, 0.3) is 0 Å². The lowest BCUT2D eigenvalue weighted by molar-refractivity contribution is -0.121. The van der Waals surface area contributed by atoms with Crippen molar-refractivity contribution in [1.29, 1.82) is 0 Å². The van der Waals surface area contributed by atoms with Crippen molar-refractivity contribution in [3.8, 4) is 11.4 Å². The second kappa shape index (κ2) is 11.1. The maximum absolute atomic E-state index is 12.8. The number of fused-ring (bicyclic) bond motifs is 1. The van der Waals surface area contributed by atoms with Crippen LogP contribution >= 0.6 is 11.6 Å². The topological polar surface area (TPSA) is 58.1 Å². The molecule has 0 aliphatic rings. The zero-order valence-corrected chi connectivity index (χ0v) is 20.3. The van der Waals surface area contributed by atoms with E-state index in [4.69, 9.17) is 21.6 Å². The van der Waals surface area contributed by atoms with Gasteiger partial charge >= 0.3 is 0 Å². The molecule has 1 heterocycles. The summed E-state index contributed by atoms with van der Waals surface area (Å²) >= 11 is 6.46. The van der Waals surface area contributed by atoms with Crippen LogP contribution in [0.1, 0.15) is 38.3 Å². The maximum atomic E-state index is 12.8. The molecular formula is C28H29ClN4O. The van der Waals surface area contributed by atoms with Crippen molar-refractivity contribution >= 4 is 34.2 Å². The third-order valence-electron chi connectivity index (χ3n) is 5.78. The van der Waals surface area contributed by atoms with Crippen LogP contribution in [0.3, 0.4) is 0 Å². The molecule has 1 N–H and O–H groups in total. The molecule has 0 aliphatic carbocycles. The highest BCUT2D eigenvalue weighted by atomic mass is 35.5. The van der Waals surface area contributed by atoms with E-state index in [-0.39, 0.29) is 11.9 Å². The van der Waals surface area contributed by atoms with Gasteiger partial charge < -0.3 is 10.2 Å². The minimum atomic E-state index is -0.0416. The van der Waals surface area contributed by atoms with E-state index in [9.17, 15) is 4.79 Å². The number of rotatable bonds is 9. The van der Waals surface area contributed by atoms with Crippen LogP contribution in [0.5, 0.6) is 0 Å². The van der Waals surface area contributed by atoms with Crippen molar-refractivity contribution in [2.75, 3.05) is 18.0 Å². The lowest BCUT2D eigenvalue weighted by Crippen LogP contribution is -2.33. The van der Waals surface area contributed by atoms with Gasteiger partial charge in [-0.3, -0.25) is 4.79 Å². The Balaban J connectivity index is 1.59. The second-order valence-electron chi connectivity index (χ2n) is 8.30. The molecule has 0 radical (unpaired) electrons. The van der Waals surface area contributed by atoms with E-state index in [2.05, 4.69) is 17.1 Å². The van der Waals surface area contributed by atoms with E-state index in [1.807, 2.05) is 85.8 Å². The smallest absolute Gasteiger partial charge is 0.222 e. The normalized spacial score (nSPS) is 11.9. The second-order valence-corrected chi connectivity index (χ2v) is 8.71. The fourth-order valence-corrected chi connectivity index (χ4v) is 4.25. The number of hydrogen-bond acceptors (Lipinski definition) is 4. The van der Waals surface area contributed by atoms with Crippen LogP contribution in [0.15, 0.2) is 78.9 Å². The highest BCUT2D eigenvalue weighted by Gasteiger charge is 2.18. The number of amides is 1. The third-order valence-corrected chi connectivity index (χ3v) is 6.11. The van der Waals surface area contributed by atoms with E-state index in [1.165, 1.54) is 0 Å². The molecule has 0 saturated heterocycles. The Kier molecular flexibility index (Phi) is 7.76. The summed E-state index contributed by atoms with van der Waals surface area (Å²) in [5, 5.41) is 4.69. The average Bonchev–Trinajstić information content (AvgIpc) is 2.86. The highest BCUT2D eigenvalue weighted by molar-refractivity contribution is 6.33. The van der Waals surface area contributed by atoms with Gasteiger partial charge in [0.15, 0.2) is 5.82 Å². The maximum Gasteiger partial charge on any atom is 0.222 e. The van der Waals surface area contributed by atoms with Gasteiger partial charge in [-0.1, -0.05) is 73.1 Å². The molecule has 34 heavy (non-hydrogen) atoms. The Hall–Kier alpha value is -3.44. The molecule has 0 bridgehead atoms. The van der Waals surface area contributed by atoms with Crippen molar-refractivity contribution in [1.82, 2.24) is 15.3 Å². The molecule has 3 aromatic carbocycles. The molecule has 1 unspecified atom stereocenters. The standard InChI is InChI=1S/C28H29ClN4O/c1-3-18-33(19-17-26(34)30-20(2)21-11-5-4-6-12-21)28-23-14-8-10-16-25(23)31-27(32-28)22-13-7-9-15-24(22)29/h4-16,20H,3,17-19H2,1-2H3,(H,30,34). The molecule has 4 aromatic rings. The number of carbonyl (C=O) groups is 1. The molecule has 0 spiro atoms.